The molecule has 4 heterocycles. The van der Waals surface area contributed by atoms with Crippen molar-refractivity contribution in [3.63, 3.8) is 0 Å². The van der Waals surface area contributed by atoms with Gasteiger partial charge in [0.1, 0.15) is 17.2 Å². The predicted octanol–water partition coefficient (Wildman–Crippen LogP) is 4.09. The zero-order valence-corrected chi connectivity index (χ0v) is 21.7. The van der Waals surface area contributed by atoms with Crippen LogP contribution < -0.4 is 19.3 Å². The van der Waals surface area contributed by atoms with Crippen molar-refractivity contribution < 1.29 is 19.0 Å². The van der Waals surface area contributed by atoms with Crippen molar-refractivity contribution in [3.05, 3.63) is 41.7 Å². The smallest absolute Gasteiger partial charge is 0.330 e. The first-order valence-electron chi connectivity index (χ1n) is 13.4. The monoisotopic (exact) mass is 505 g/mol. The summed E-state index contributed by atoms with van der Waals surface area (Å²) in [4.78, 5) is 30.2. The maximum Gasteiger partial charge on any atom is 0.330 e. The molecule has 2 fully saturated rings. The molecular formula is C28H35N5O4. The Morgan fingerprint density at radius 2 is 1.73 bits per heavy atom. The number of hydrogen-bond donors (Lipinski definition) is 0. The Balaban J connectivity index is 1.40. The summed E-state index contributed by atoms with van der Waals surface area (Å²) in [6.07, 6.45) is 7.96. The number of anilines is 2. The summed E-state index contributed by atoms with van der Waals surface area (Å²) in [5.74, 6) is 2.60. The highest BCUT2D eigenvalue weighted by molar-refractivity contribution is 6.19. The Morgan fingerprint density at radius 3 is 2.43 bits per heavy atom. The number of rotatable bonds is 6. The Bertz CT molecular complexity index is 1170. The molecule has 0 bridgehead atoms. The van der Waals surface area contributed by atoms with Crippen LogP contribution in [0.2, 0.25) is 0 Å². The number of aliphatic imine (C=N–C) groups is 1. The van der Waals surface area contributed by atoms with Crippen molar-refractivity contribution in [2.45, 2.75) is 44.7 Å². The largest absolute Gasteiger partial charge is 0.497 e. The number of nitrogens with zero attached hydrogens (tertiary/aromatic N) is 5. The van der Waals surface area contributed by atoms with E-state index in [0.29, 0.717) is 43.7 Å². The number of amides is 2. The lowest BCUT2D eigenvalue weighted by molar-refractivity contribution is 0.122. The molecule has 1 aromatic carbocycles. The van der Waals surface area contributed by atoms with E-state index in [1.807, 2.05) is 34.2 Å². The number of hydrogen-bond acceptors (Lipinski definition) is 7. The molecule has 2 aromatic rings. The van der Waals surface area contributed by atoms with Crippen molar-refractivity contribution >= 4 is 23.2 Å². The molecule has 1 unspecified atom stereocenters. The normalized spacial score (nSPS) is 22.0. The fourth-order valence-corrected chi connectivity index (χ4v) is 6.14. The van der Waals surface area contributed by atoms with Crippen molar-refractivity contribution in [1.82, 2.24) is 9.88 Å². The molecule has 2 amide bonds. The standard InChI is InChI=1S/C28H35N5O4/c1-35-22-12-19(13-23(15-22)36-2)18-32-24-14-21(31-8-10-37-11-9-31)16-29-26(24)27-30-17-25(33(27)28(32)34)20-6-4-3-5-7-20/h12-16,20,25H,3-11,17-18H2,1-2H3. The summed E-state index contributed by atoms with van der Waals surface area (Å²) in [5, 5.41) is 0. The molecular weight excluding hydrogens is 470 g/mol. The van der Waals surface area contributed by atoms with Crippen LogP contribution in [0, 0.1) is 5.92 Å². The van der Waals surface area contributed by atoms with Crippen LogP contribution in [0.5, 0.6) is 11.5 Å². The number of fused-ring (bicyclic) bond motifs is 3. The Labute approximate surface area is 218 Å². The van der Waals surface area contributed by atoms with Crippen LogP contribution in [0.4, 0.5) is 16.2 Å². The van der Waals surface area contributed by atoms with Gasteiger partial charge in [0.15, 0.2) is 5.84 Å². The molecule has 0 N–H and O–H groups in total. The predicted molar refractivity (Wildman–Crippen MR) is 142 cm³/mol. The number of methoxy groups -OCH3 is 2. The van der Waals surface area contributed by atoms with E-state index in [9.17, 15) is 4.79 Å². The quantitative estimate of drug-likeness (QED) is 0.589. The maximum absolute atomic E-state index is 14.3. The highest BCUT2D eigenvalue weighted by Crippen LogP contribution is 2.40. The molecule has 9 heteroatoms. The fraction of sp³-hybridized carbons (Fsp3) is 0.536. The number of amidine groups is 1. The number of aromatic nitrogens is 1. The van der Waals surface area contributed by atoms with Gasteiger partial charge in [0.25, 0.3) is 0 Å². The van der Waals surface area contributed by atoms with Crippen molar-refractivity contribution in [2.24, 2.45) is 10.9 Å². The van der Waals surface area contributed by atoms with Gasteiger partial charge < -0.3 is 19.1 Å². The second-order valence-corrected chi connectivity index (χ2v) is 10.3. The summed E-state index contributed by atoms with van der Waals surface area (Å²) in [6, 6.07) is 7.93. The number of carbonyl (C=O) groups is 1. The second-order valence-electron chi connectivity index (χ2n) is 10.3. The molecule has 1 aliphatic carbocycles. The molecule has 37 heavy (non-hydrogen) atoms. The van der Waals surface area contributed by atoms with E-state index in [2.05, 4.69) is 11.0 Å². The summed E-state index contributed by atoms with van der Waals surface area (Å²) in [6.45, 7) is 4.02. The first-order valence-corrected chi connectivity index (χ1v) is 13.4. The van der Waals surface area contributed by atoms with Gasteiger partial charge in [-0.3, -0.25) is 14.8 Å². The van der Waals surface area contributed by atoms with Crippen molar-refractivity contribution in [2.75, 3.05) is 56.9 Å². The number of pyridine rings is 1. The molecule has 6 rings (SSSR count). The Hall–Kier alpha value is -3.33. The average Bonchev–Trinajstić information content (AvgIpc) is 3.41. The number of benzene rings is 1. The van der Waals surface area contributed by atoms with E-state index in [1.54, 1.807) is 14.2 Å². The summed E-state index contributed by atoms with van der Waals surface area (Å²) >= 11 is 0. The molecule has 1 aromatic heterocycles. The van der Waals surface area contributed by atoms with Gasteiger partial charge >= 0.3 is 6.03 Å². The van der Waals surface area contributed by atoms with Gasteiger partial charge in [-0.1, -0.05) is 19.3 Å². The van der Waals surface area contributed by atoms with E-state index in [0.717, 1.165) is 54.4 Å². The minimum absolute atomic E-state index is 0.0259. The molecule has 9 nitrogen and oxygen atoms in total. The third kappa shape index (κ3) is 4.50. The van der Waals surface area contributed by atoms with E-state index in [1.165, 1.54) is 19.3 Å². The zero-order chi connectivity index (χ0) is 25.4. The highest BCUT2D eigenvalue weighted by atomic mass is 16.5. The van der Waals surface area contributed by atoms with Crippen LogP contribution in [-0.4, -0.2) is 74.9 Å². The number of ether oxygens (including phenoxy) is 3. The van der Waals surface area contributed by atoms with Crippen molar-refractivity contribution in [1.29, 1.82) is 0 Å². The lowest BCUT2D eigenvalue weighted by Gasteiger charge is -2.41. The van der Waals surface area contributed by atoms with Crippen LogP contribution in [0.3, 0.4) is 0 Å². The number of carbonyl (C=O) groups excluding carboxylic acids is 1. The number of urea groups is 1. The summed E-state index contributed by atoms with van der Waals surface area (Å²) < 4.78 is 16.6. The van der Waals surface area contributed by atoms with E-state index < -0.39 is 0 Å². The maximum atomic E-state index is 14.3. The molecule has 1 saturated carbocycles. The Kier molecular flexibility index (Phi) is 6.63. The Morgan fingerprint density at radius 1 is 1.00 bits per heavy atom. The van der Waals surface area contributed by atoms with Gasteiger partial charge in [0, 0.05) is 19.2 Å². The van der Waals surface area contributed by atoms with Crippen LogP contribution in [0.1, 0.15) is 43.4 Å². The van der Waals surface area contributed by atoms with E-state index >= 15 is 0 Å². The summed E-state index contributed by atoms with van der Waals surface area (Å²) in [5.41, 5.74) is 3.51. The third-order valence-electron chi connectivity index (χ3n) is 8.10. The van der Waals surface area contributed by atoms with Gasteiger partial charge in [-0.05, 0) is 42.5 Å². The van der Waals surface area contributed by atoms with Crippen molar-refractivity contribution in [3.8, 4) is 11.5 Å². The topological polar surface area (TPSA) is 79.7 Å². The zero-order valence-electron chi connectivity index (χ0n) is 21.7. The van der Waals surface area contributed by atoms with Crippen LogP contribution in [-0.2, 0) is 11.3 Å². The lowest BCUT2D eigenvalue weighted by atomic mass is 9.83. The van der Waals surface area contributed by atoms with Gasteiger partial charge in [0.2, 0.25) is 0 Å². The fourth-order valence-electron chi connectivity index (χ4n) is 6.14. The first kappa shape index (κ1) is 24.0. The molecule has 1 saturated heterocycles. The van der Waals surface area contributed by atoms with Crippen LogP contribution in [0.15, 0.2) is 35.5 Å². The highest BCUT2D eigenvalue weighted by Gasteiger charge is 2.46. The summed E-state index contributed by atoms with van der Waals surface area (Å²) in [7, 11) is 3.28. The van der Waals surface area contributed by atoms with Gasteiger partial charge in [-0.25, -0.2) is 9.78 Å². The minimum Gasteiger partial charge on any atom is -0.497 e. The third-order valence-corrected chi connectivity index (χ3v) is 8.10. The van der Waals surface area contributed by atoms with Gasteiger partial charge in [0.05, 0.1) is 64.1 Å². The lowest BCUT2D eigenvalue weighted by Crippen LogP contribution is -2.55. The first-order chi connectivity index (χ1) is 18.2. The minimum atomic E-state index is -0.0259. The second kappa shape index (κ2) is 10.2. The van der Waals surface area contributed by atoms with E-state index in [-0.39, 0.29) is 12.1 Å². The molecule has 4 aliphatic rings. The van der Waals surface area contributed by atoms with E-state index in [4.69, 9.17) is 24.2 Å². The average molecular weight is 506 g/mol. The molecule has 196 valence electrons. The van der Waals surface area contributed by atoms with Crippen LogP contribution >= 0.6 is 0 Å². The molecule has 3 aliphatic heterocycles. The molecule has 0 radical (unpaired) electrons. The SMILES string of the molecule is COc1cc(CN2C(=O)N3C(=NCC3C3CCCCC3)c3ncc(N4CCOCC4)cc32)cc(OC)c1. The number of morpholine rings is 1. The van der Waals surface area contributed by atoms with Gasteiger partial charge in [-0.2, -0.15) is 0 Å². The van der Waals surface area contributed by atoms with Gasteiger partial charge in [-0.15, -0.1) is 0 Å². The molecule has 0 spiro atoms. The molecule has 1 atom stereocenters. The van der Waals surface area contributed by atoms with Crippen LogP contribution in [0.25, 0.3) is 0 Å².